The molecule has 25 heavy (non-hydrogen) atoms. The normalized spacial score (nSPS) is 16.1. The van der Waals surface area contributed by atoms with E-state index in [0.717, 1.165) is 19.4 Å². The van der Waals surface area contributed by atoms with E-state index in [0.29, 0.717) is 0 Å². The third-order valence-electron chi connectivity index (χ3n) is 4.39. The molecule has 0 bridgehead atoms. The van der Waals surface area contributed by atoms with Gasteiger partial charge in [0, 0.05) is 6.54 Å². The van der Waals surface area contributed by atoms with Gasteiger partial charge < -0.3 is 30.8 Å². The van der Waals surface area contributed by atoms with Crippen LogP contribution in [0.5, 0.6) is 0 Å². The Morgan fingerprint density at radius 2 is 1.12 bits per heavy atom. The molecule has 0 aromatic rings. The summed E-state index contributed by atoms with van der Waals surface area (Å²) in [7, 11) is 0. The second kappa shape index (κ2) is 18.8. The highest BCUT2D eigenvalue weighted by Gasteiger charge is 2.29. The standard InChI is InChI=1S/C18H39NO5.ClH/c1-2-3-4-5-6-7-8-9-10-11-12-19-13-15(21)17(23)18(24)16(22)14-20;/h15-24H,2-14H2,1H3;1H/t15-,16-,17-,18-;/m1./s1. The van der Waals surface area contributed by atoms with Gasteiger partial charge in [-0.25, -0.2) is 0 Å². The fourth-order valence-corrected chi connectivity index (χ4v) is 2.67. The van der Waals surface area contributed by atoms with Crippen LogP contribution in [-0.4, -0.2) is 69.6 Å². The smallest absolute Gasteiger partial charge is 0.111 e. The Balaban J connectivity index is 0. The van der Waals surface area contributed by atoms with Gasteiger partial charge in [0.25, 0.3) is 0 Å². The van der Waals surface area contributed by atoms with E-state index in [1.54, 1.807) is 0 Å². The van der Waals surface area contributed by atoms with Gasteiger partial charge in [0.1, 0.15) is 18.3 Å². The van der Waals surface area contributed by atoms with Crippen molar-refractivity contribution in [1.29, 1.82) is 0 Å². The van der Waals surface area contributed by atoms with Crippen LogP contribution >= 0.6 is 12.4 Å². The fraction of sp³-hybridized carbons (Fsp3) is 1.00. The van der Waals surface area contributed by atoms with E-state index in [9.17, 15) is 20.4 Å². The number of unbranched alkanes of at least 4 members (excludes halogenated alkanes) is 9. The first-order valence-corrected chi connectivity index (χ1v) is 9.58. The molecular weight excluding hydrogens is 346 g/mol. The zero-order valence-corrected chi connectivity index (χ0v) is 16.5. The first-order chi connectivity index (χ1) is 11.5. The Hall–Kier alpha value is 0.0500. The van der Waals surface area contributed by atoms with Gasteiger partial charge in [-0.05, 0) is 13.0 Å². The van der Waals surface area contributed by atoms with E-state index in [-0.39, 0.29) is 19.0 Å². The summed E-state index contributed by atoms with van der Waals surface area (Å²) in [5.41, 5.74) is 0. The third kappa shape index (κ3) is 14.9. The van der Waals surface area contributed by atoms with Crippen molar-refractivity contribution in [2.75, 3.05) is 19.7 Å². The maximum Gasteiger partial charge on any atom is 0.111 e. The molecule has 0 aliphatic heterocycles. The lowest BCUT2D eigenvalue weighted by Gasteiger charge is -2.25. The number of halogens is 1. The van der Waals surface area contributed by atoms with Crippen LogP contribution in [0.25, 0.3) is 0 Å². The highest BCUT2D eigenvalue weighted by molar-refractivity contribution is 5.85. The maximum absolute atomic E-state index is 9.73. The van der Waals surface area contributed by atoms with Crippen LogP contribution in [0.1, 0.15) is 71.1 Å². The molecule has 6 N–H and O–H groups in total. The Morgan fingerprint density at radius 1 is 0.680 bits per heavy atom. The maximum atomic E-state index is 9.73. The van der Waals surface area contributed by atoms with Crippen molar-refractivity contribution in [3.05, 3.63) is 0 Å². The minimum atomic E-state index is -1.55. The van der Waals surface area contributed by atoms with Gasteiger partial charge in [-0.2, -0.15) is 0 Å². The van der Waals surface area contributed by atoms with Gasteiger partial charge in [0.15, 0.2) is 0 Å². The first kappa shape index (κ1) is 27.3. The first-order valence-electron chi connectivity index (χ1n) is 9.58. The van der Waals surface area contributed by atoms with Crippen molar-refractivity contribution in [3.8, 4) is 0 Å². The summed E-state index contributed by atoms with van der Waals surface area (Å²) < 4.78 is 0. The highest BCUT2D eigenvalue weighted by atomic mass is 35.5. The number of hydrogen-bond donors (Lipinski definition) is 6. The molecule has 0 fully saturated rings. The molecule has 0 saturated carbocycles. The average Bonchev–Trinajstić information content (AvgIpc) is 2.60. The van der Waals surface area contributed by atoms with E-state index >= 15 is 0 Å². The molecular formula is C18H40ClNO5. The van der Waals surface area contributed by atoms with E-state index < -0.39 is 31.0 Å². The van der Waals surface area contributed by atoms with Crippen LogP contribution in [0, 0.1) is 0 Å². The van der Waals surface area contributed by atoms with Crippen LogP contribution in [0.2, 0.25) is 0 Å². The van der Waals surface area contributed by atoms with Crippen molar-refractivity contribution in [3.63, 3.8) is 0 Å². The summed E-state index contributed by atoms with van der Waals surface area (Å²) in [4.78, 5) is 0. The van der Waals surface area contributed by atoms with E-state index in [2.05, 4.69) is 12.2 Å². The summed E-state index contributed by atoms with van der Waals surface area (Å²) in [6.07, 6.45) is 7.01. The summed E-state index contributed by atoms with van der Waals surface area (Å²) in [6.45, 7) is 2.47. The predicted octanol–water partition coefficient (Wildman–Crippen LogP) is 1.35. The number of nitrogens with one attached hydrogen (secondary N) is 1. The lowest BCUT2D eigenvalue weighted by Crippen LogP contribution is -2.49. The van der Waals surface area contributed by atoms with Crippen LogP contribution < -0.4 is 5.32 Å². The summed E-state index contributed by atoms with van der Waals surface area (Å²) in [6, 6.07) is 0. The van der Waals surface area contributed by atoms with Crippen molar-refractivity contribution >= 4 is 12.4 Å². The summed E-state index contributed by atoms with van der Waals surface area (Å²) in [5, 5.41) is 49.9. The largest absolute Gasteiger partial charge is 0.394 e. The predicted molar refractivity (Wildman–Crippen MR) is 103 cm³/mol. The molecule has 0 aliphatic carbocycles. The number of aliphatic hydroxyl groups is 5. The number of hydrogen-bond acceptors (Lipinski definition) is 6. The minimum Gasteiger partial charge on any atom is -0.394 e. The van der Waals surface area contributed by atoms with Crippen LogP contribution in [0.15, 0.2) is 0 Å². The Kier molecular flexibility index (Phi) is 20.5. The topological polar surface area (TPSA) is 113 Å². The van der Waals surface area contributed by atoms with E-state index in [4.69, 9.17) is 5.11 Å². The lowest BCUT2D eigenvalue weighted by molar-refractivity contribution is -0.113. The van der Waals surface area contributed by atoms with Crippen LogP contribution in [0.3, 0.4) is 0 Å². The molecule has 4 atom stereocenters. The zero-order valence-electron chi connectivity index (χ0n) is 15.6. The fourth-order valence-electron chi connectivity index (χ4n) is 2.67. The summed E-state index contributed by atoms with van der Waals surface area (Å²) in [5.74, 6) is 0. The third-order valence-corrected chi connectivity index (χ3v) is 4.39. The Bertz CT molecular complexity index is 274. The van der Waals surface area contributed by atoms with E-state index in [1.807, 2.05) is 0 Å². The Labute approximate surface area is 159 Å². The molecule has 0 aromatic carbocycles. The second-order valence-electron chi connectivity index (χ2n) is 6.68. The van der Waals surface area contributed by atoms with Gasteiger partial charge >= 0.3 is 0 Å². The van der Waals surface area contributed by atoms with Crippen molar-refractivity contribution in [1.82, 2.24) is 5.32 Å². The van der Waals surface area contributed by atoms with Crippen molar-refractivity contribution in [2.24, 2.45) is 0 Å². The minimum absolute atomic E-state index is 0. The van der Waals surface area contributed by atoms with Crippen molar-refractivity contribution < 1.29 is 25.5 Å². The molecule has 0 rings (SSSR count). The molecule has 0 heterocycles. The monoisotopic (exact) mass is 385 g/mol. The van der Waals surface area contributed by atoms with Crippen molar-refractivity contribution in [2.45, 2.75) is 95.5 Å². The molecule has 0 amide bonds. The Morgan fingerprint density at radius 3 is 1.60 bits per heavy atom. The molecule has 6 nitrogen and oxygen atoms in total. The van der Waals surface area contributed by atoms with Gasteiger partial charge in [-0.15, -0.1) is 12.4 Å². The number of rotatable bonds is 17. The molecule has 154 valence electrons. The zero-order chi connectivity index (χ0) is 18.2. The molecule has 0 unspecified atom stereocenters. The molecule has 0 saturated heterocycles. The SMILES string of the molecule is CCCCCCCCCCCCNC[C@@H](O)[C@@H](O)[C@H](O)[C@H](O)CO.Cl. The van der Waals surface area contributed by atoms with Gasteiger partial charge in [-0.3, -0.25) is 0 Å². The van der Waals surface area contributed by atoms with Gasteiger partial charge in [0.05, 0.1) is 12.7 Å². The van der Waals surface area contributed by atoms with E-state index in [1.165, 1.54) is 51.4 Å². The average molecular weight is 386 g/mol. The molecule has 0 spiro atoms. The highest BCUT2D eigenvalue weighted by Crippen LogP contribution is 2.10. The van der Waals surface area contributed by atoms with Crippen LogP contribution in [-0.2, 0) is 0 Å². The second-order valence-corrected chi connectivity index (χ2v) is 6.68. The van der Waals surface area contributed by atoms with Gasteiger partial charge in [-0.1, -0.05) is 64.7 Å². The van der Waals surface area contributed by atoms with Crippen LogP contribution in [0.4, 0.5) is 0 Å². The van der Waals surface area contributed by atoms with Gasteiger partial charge in [0.2, 0.25) is 0 Å². The number of aliphatic hydroxyl groups excluding tert-OH is 5. The molecule has 7 heteroatoms. The lowest BCUT2D eigenvalue weighted by atomic mass is 10.0. The molecule has 0 aliphatic rings. The quantitative estimate of drug-likeness (QED) is 0.211. The summed E-state index contributed by atoms with van der Waals surface area (Å²) >= 11 is 0. The molecule has 0 radical (unpaired) electrons. The molecule has 0 aromatic heterocycles.